The summed E-state index contributed by atoms with van der Waals surface area (Å²) in [6, 6.07) is 7.12. The molecule has 0 aliphatic heterocycles. The van der Waals surface area contributed by atoms with E-state index in [0.29, 0.717) is 16.7 Å². The average molecular weight is 250 g/mol. The molecular formula is C12H12ClN3O. The molecule has 0 radical (unpaired) electrons. The first-order valence-electron chi connectivity index (χ1n) is 5.10. The maximum absolute atomic E-state index is 5.87. The fraction of sp³-hybridized carbons (Fsp3) is 0.167. The third-order valence-corrected chi connectivity index (χ3v) is 2.43. The Bertz CT molecular complexity index is 537. The number of benzene rings is 1. The van der Waals surface area contributed by atoms with Gasteiger partial charge >= 0.3 is 0 Å². The van der Waals surface area contributed by atoms with Gasteiger partial charge in [0.05, 0.1) is 0 Å². The highest BCUT2D eigenvalue weighted by Crippen LogP contribution is 2.26. The molecule has 0 fully saturated rings. The number of hydrogen-bond donors (Lipinski definition) is 1. The maximum atomic E-state index is 5.87. The van der Waals surface area contributed by atoms with Gasteiger partial charge in [-0.1, -0.05) is 11.6 Å². The molecule has 0 atom stereocenters. The maximum Gasteiger partial charge on any atom is 0.224 e. The van der Waals surface area contributed by atoms with Crippen LogP contribution in [0.3, 0.4) is 0 Å². The van der Waals surface area contributed by atoms with Crippen LogP contribution in [-0.2, 0) is 0 Å². The van der Waals surface area contributed by atoms with E-state index in [2.05, 4.69) is 9.97 Å². The quantitative estimate of drug-likeness (QED) is 0.888. The minimum absolute atomic E-state index is 0.201. The summed E-state index contributed by atoms with van der Waals surface area (Å²) in [6.07, 6.45) is 0. The fourth-order valence-corrected chi connectivity index (χ4v) is 1.68. The average Bonchev–Trinajstić information content (AvgIpc) is 2.21. The summed E-state index contributed by atoms with van der Waals surface area (Å²) in [4.78, 5) is 7.98. The molecule has 1 heterocycles. The van der Waals surface area contributed by atoms with E-state index < -0.39 is 0 Å². The zero-order valence-electron chi connectivity index (χ0n) is 9.57. The SMILES string of the molecule is Cc1cc(Oc2ccc(Cl)cc2C)nc(N)n1. The van der Waals surface area contributed by atoms with Crippen LogP contribution in [0.25, 0.3) is 0 Å². The topological polar surface area (TPSA) is 61.0 Å². The van der Waals surface area contributed by atoms with E-state index in [4.69, 9.17) is 22.1 Å². The highest BCUT2D eigenvalue weighted by molar-refractivity contribution is 6.30. The zero-order chi connectivity index (χ0) is 12.4. The van der Waals surface area contributed by atoms with Gasteiger partial charge < -0.3 is 10.5 Å². The third-order valence-electron chi connectivity index (χ3n) is 2.20. The van der Waals surface area contributed by atoms with Crippen LogP contribution >= 0.6 is 11.6 Å². The molecule has 88 valence electrons. The molecule has 5 heteroatoms. The van der Waals surface area contributed by atoms with E-state index in [1.807, 2.05) is 19.9 Å². The van der Waals surface area contributed by atoms with Crippen molar-refractivity contribution in [2.75, 3.05) is 5.73 Å². The summed E-state index contributed by atoms with van der Waals surface area (Å²) < 4.78 is 5.64. The first kappa shape index (κ1) is 11.7. The van der Waals surface area contributed by atoms with Gasteiger partial charge in [0.25, 0.3) is 0 Å². The van der Waals surface area contributed by atoms with Crippen LogP contribution in [-0.4, -0.2) is 9.97 Å². The smallest absolute Gasteiger partial charge is 0.224 e. The van der Waals surface area contributed by atoms with Crippen molar-refractivity contribution >= 4 is 17.5 Å². The lowest BCUT2D eigenvalue weighted by molar-refractivity contribution is 0.458. The van der Waals surface area contributed by atoms with Crippen LogP contribution in [0.15, 0.2) is 24.3 Å². The Labute approximate surface area is 104 Å². The van der Waals surface area contributed by atoms with E-state index in [0.717, 1.165) is 11.3 Å². The van der Waals surface area contributed by atoms with Crippen molar-refractivity contribution in [3.8, 4) is 11.6 Å². The second kappa shape index (κ2) is 4.59. The molecule has 0 aliphatic carbocycles. The Morgan fingerprint density at radius 2 is 1.94 bits per heavy atom. The van der Waals surface area contributed by atoms with Crippen LogP contribution in [0, 0.1) is 13.8 Å². The minimum Gasteiger partial charge on any atom is -0.439 e. The Kier molecular flexibility index (Phi) is 3.15. The predicted octanol–water partition coefficient (Wildman–Crippen LogP) is 3.12. The van der Waals surface area contributed by atoms with Gasteiger partial charge in [0.15, 0.2) is 0 Å². The Hall–Kier alpha value is -1.81. The molecule has 1 aromatic carbocycles. The molecule has 0 aliphatic rings. The normalized spacial score (nSPS) is 10.3. The summed E-state index contributed by atoms with van der Waals surface area (Å²) in [7, 11) is 0. The lowest BCUT2D eigenvalue weighted by atomic mass is 10.2. The molecule has 0 bridgehead atoms. The fourth-order valence-electron chi connectivity index (χ4n) is 1.45. The Morgan fingerprint density at radius 3 is 2.59 bits per heavy atom. The summed E-state index contributed by atoms with van der Waals surface area (Å²) in [5.41, 5.74) is 7.25. The van der Waals surface area contributed by atoms with E-state index in [-0.39, 0.29) is 5.95 Å². The van der Waals surface area contributed by atoms with Gasteiger partial charge in [-0.2, -0.15) is 4.98 Å². The number of nitrogens with zero attached hydrogens (tertiary/aromatic N) is 2. The molecule has 2 aromatic rings. The number of aromatic nitrogens is 2. The molecule has 0 unspecified atom stereocenters. The van der Waals surface area contributed by atoms with Crippen molar-refractivity contribution in [1.29, 1.82) is 0 Å². The van der Waals surface area contributed by atoms with E-state index in [1.54, 1.807) is 18.2 Å². The summed E-state index contributed by atoms with van der Waals surface area (Å²) in [5.74, 6) is 1.33. The molecule has 0 amide bonds. The highest BCUT2D eigenvalue weighted by atomic mass is 35.5. The minimum atomic E-state index is 0.201. The standard InChI is InChI=1S/C12H12ClN3O/c1-7-5-9(13)3-4-10(7)17-11-6-8(2)15-12(14)16-11/h3-6H,1-2H3,(H2,14,15,16). The molecule has 0 saturated heterocycles. The van der Waals surface area contributed by atoms with Crippen LogP contribution in [0.2, 0.25) is 5.02 Å². The van der Waals surface area contributed by atoms with Gasteiger partial charge in [-0.15, -0.1) is 0 Å². The van der Waals surface area contributed by atoms with Crippen LogP contribution in [0.4, 0.5) is 5.95 Å². The number of rotatable bonds is 2. The largest absolute Gasteiger partial charge is 0.439 e. The summed E-state index contributed by atoms with van der Waals surface area (Å²) >= 11 is 5.87. The monoisotopic (exact) mass is 249 g/mol. The summed E-state index contributed by atoms with van der Waals surface area (Å²) in [6.45, 7) is 3.75. The van der Waals surface area contributed by atoms with Crippen LogP contribution in [0.1, 0.15) is 11.3 Å². The number of nitrogens with two attached hydrogens (primary N) is 1. The first-order chi connectivity index (χ1) is 8.04. The highest BCUT2D eigenvalue weighted by Gasteiger charge is 2.05. The van der Waals surface area contributed by atoms with Gasteiger partial charge in [-0.25, -0.2) is 4.98 Å². The van der Waals surface area contributed by atoms with Crippen molar-refractivity contribution in [3.63, 3.8) is 0 Å². The van der Waals surface area contributed by atoms with Gasteiger partial charge in [0.2, 0.25) is 11.8 Å². The number of ether oxygens (including phenoxy) is 1. The van der Waals surface area contributed by atoms with Crippen molar-refractivity contribution in [2.45, 2.75) is 13.8 Å². The Morgan fingerprint density at radius 1 is 1.18 bits per heavy atom. The molecule has 0 spiro atoms. The number of anilines is 1. The van der Waals surface area contributed by atoms with Crippen molar-refractivity contribution in [3.05, 3.63) is 40.5 Å². The van der Waals surface area contributed by atoms with E-state index >= 15 is 0 Å². The molecule has 17 heavy (non-hydrogen) atoms. The van der Waals surface area contributed by atoms with Crippen molar-refractivity contribution in [1.82, 2.24) is 9.97 Å². The molecule has 2 N–H and O–H groups in total. The second-order valence-electron chi connectivity index (χ2n) is 3.72. The Balaban J connectivity index is 2.31. The van der Waals surface area contributed by atoms with Crippen LogP contribution < -0.4 is 10.5 Å². The number of hydrogen-bond acceptors (Lipinski definition) is 4. The molecule has 0 saturated carbocycles. The molecule has 2 rings (SSSR count). The molecule has 4 nitrogen and oxygen atoms in total. The van der Waals surface area contributed by atoms with Gasteiger partial charge in [0.1, 0.15) is 5.75 Å². The van der Waals surface area contributed by atoms with E-state index in [9.17, 15) is 0 Å². The second-order valence-corrected chi connectivity index (χ2v) is 4.15. The van der Waals surface area contributed by atoms with Gasteiger partial charge in [0, 0.05) is 16.8 Å². The number of aryl methyl sites for hydroxylation is 2. The predicted molar refractivity (Wildman–Crippen MR) is 67.4 cm³/mol. The zero-order valence-corrected chi connectivity index (χ0v) is 10.3. The summed E-state index contributed by atoms with van der Waals surface area (Å²) in [5, 5.41) is 0.674. The molecule has 1 aromatic heterocycles. The lowest BCUT2D eigenvalue weighted by Gasteiger charge is -2.08. The van der Waals surface area contributed by atoms with Crippen molar-refractivity contribution in [2.24, 2.45) is 0 Å². The molecular weight excluding hydrogens is 238 g/mol. The first-order valence-corrected chi connectivity index (χ1v) is 5.47. The lowest BCUT2D eigenvalue weighted by Crippen LogP contribution is -1.99. The van der Waals surface area contributed by atoms with E-state index in [1.165, 1.54) is 0 Å². The van der Waals surface area contributed by atoms with Crippen molar-refractivity contribution < 1.29 is 4.74 Å². The number of nitrogen functional groups attached to an aromatic ring is 1. The van der Waals surface area contributed by atoms with Crippen LogP contribution in [0.5, 0.6) is 11.6 Å². The van der Waals surface area contributed by atoms with Gasteiger partial charge in [-0.05, 0) is 37.6 Å². The third kappa shape index (κ3) is 2.85. The number of halogens is 1. The van der Waals surface area contributed by atoms with Gasteiger partial charge in [-0.3, -0.25) is 0 Å².